The maximum absolute atomic E-state index is 11.9. The lowest BCUT2D eigenvalue weighted by Crippen LogP contribution is -2.57. The van der Waals surface area contributed by atoms with E-state index in [-0.39, 0.29) is 0 Å². The van der Waals surface area contributed by atoms with Crippen molar-refractivity contribution in [3.63, 3.8) is 0 Å². The van der Waals surface area contributed by atoms with Gasteiger partial charge in [0, 0.05) is 41.5 Å². The van der Waals surface area contributed by atoms with E-state index in [1.54, 1.807) is 19.0 Å². The monoisotopic (exact) mass is 491 g/mol. The molecule has 0 bridgehead atoms. The molecule has 0 aromatic carbocycles. The van der Waals surface area contributed by atoms with Gasteiger partial charge in [0.25, 0.3) is 0 Å². The second kappa shape index (κ2) is 14.3. The molecule has 0 spiro atoms. The number of ether oxygens (including phenoxy) is 3. The number of carbonyl (C=O) groups excluding carboxylic acids is 2. The topological polar surface area (TPSA) is 85.3 Å². The molecule has 1 N–H and O–H groups in total. The molecule has 0 aliphatic carbocycles. The minimum atomic E-state index is -2.52. The Morgan fingerprint density at radius 3 is 2.21 bits per heavy atom. The van der Waals surface area contributed by atoms with Crippen molar-refractivity contribution in [2.75, 3.05) is 21.2 Å². The molecule has 1 aliphatic heterocycles. The molecule has 2 unspecified atom stereocenters. The quantitative estimate of drug-likeness (QED) is 0.246. The highest BCUT2D eigenvalue weighted by Gasteiger charge is 2.52. The zero-order valence-corrected chi connectivity index (χ0v) is 21.5. The molecular weight excluding hydrogens is 454 g/mol. The molecule has 2 rings (SSSR count). The number of hydrogen-bond donors (Lipinski definition) is 1. The highest BCUT2D eigenvalue weighted by molar-refractivity contribution is 7.10. The van der Waals surface area contributed by atoms with Crippen molar-refractivity contribution in [3.05, 3.63) is 34.0 Å². The van der Waals surface area contributed by atoms with E-state index in [9.17, 15) is 14.7 Å². The molecule has 188 valence electrons. The largest absolute Gasteiger partial charge is 0.393 e. The van der Waals surface area contributed by atoms with Crippen LogP contribution in [-0.4, -0.2) is 55.2 Å². The van der Waals surface area contributed by atoms with E-state index in [0.717, 1.165) is 35.4 Å². The van der Waals surface area contributed by atoms with Crippen molar-refractivity contribution in [3.8, 4) is 11.8 Å². The summed E-state index contributed by atoms with van der Waals surface area (Å²) in [5.74, 6) is 2.15. The first kappa shape index (κ1) is 28.1. The number of thiophene rings is 1. The van der Waals surface area contributed by atoms with Gasteiger partial charge in [-0.25, -0.2) is 9.59 Å². The third kappa shape index (κ3) is 8.55. The van der Waals surface area contributed by atoms with Crippen molar-refractivity contribution in [2.45, 2.75) is 82.8 Å². The normalized spacial score (nSPS) is 16.9. The fraction of sp³-hybridized carbons (Fsp3) is 0.615. The van der Waals surface area contributed by atoms with Gasteiger partial charge >= 0.3 is 17.9 Å². The Balaban J connectivity index is 1.99. The van der Waals surface area contributed by atoms with Gasteiger partial charge in [0.15, 0.2) is 0 Å². The van der Waals surface area contributed by atoms with Gasteiger partial charge in [-0.1, -0.05) is 63.7 Å². The Kier molecular flexibility index (Phi) is 11.8. The summed E-state index contributed by atoms with van der Waals surface area (Å²) < 4.78 is 15.8. The number of aliphatic hydroxyl groups is 1. The van der Waals surface area contributed by atoms with Crippen LogP contribution in [0.1, 0.15) is 81.3 Å². The smallest absolute Gasteiger partial charge is 0.393 e. The summed E-state index contributed by atoms with van der Waals surface area (Å²) >= 11 is 1.42. The lowest BCUT2D eigenvalue weighted by atomic mass is 10.0. The fourth-order valence-corrected chi connectivity index (χ4v) is 4.85. The van der Waals surface area contributed by atoms with Crippen molar-refractivity contribution in [1.82, 2.24) is 4.90 Å². The van der Waals surface area contributed by atoms with E-state index in [0.29, 0.717) is 0 Å². The number of carbonyl (C=O) groups is 2. The van der Waals surface area contributed by atoms with Crippen LogP contribution in [0.5, 0.6) is 0 Å². The minimum Gasteiger partial charge on any atom is -0.393 e. The van der Waals surface area contributed by atoms with Crippen LogP contribution in [0.15, 0.2) is 23.6 Å². The number of nitrogens with zero attached hydrogens (tertiary/aromatic N) is 1. The van der Waals surface area contributed by atoms with Gasteiger partial charge in [0.2, 0.25) is 0 Å². The van der Waals surface area contributed by atoms with Gasteiger partial charge in [0.1, 0.15) is 12.1 Å². The SMILES string of the molecule is CCCCCCCCCCC#Cc1csc(C(OC)C(N(C)C)C2(O)OC(=O)C=CC(=O)O2)c1. The lowest BCUT2D eigenvalue weighted by Gasteiger charge is -2.39. The first-order valence-electron chi connectivity index (χ1n) is 11.9. The molecule has 0 saturated heterocycles. The van der Waals surface area contributed by atoms with Gasteiger partial charge < -0.3 is 19.3 Å². The molecule has 0 radical (unpaired) electrons. The van der Waals surface area contributed by atoms with Crippen molar-refractivity contribution >= 4 is 23.3 Å². The minimum absolute atomic E-state index is 0.744. The third-order valence-electron chi connectivity index (χ3n) is 5.61. The zero-order chi connectivity index (χ0) is 25.0. The van der Waals surface area contributed by atoms with E-state index < -0.39 is 30.1 Å². The molecular formula is C26H37NO6S. The standard InChI is InChI=1S/C26H37NO6S/c1-5-6-7-8-9-10-11-12-13-14-15-20-18-21(34-19-20)24(31-4)25(27(2)3)26(30)32-22(28)16-17-23(29)33-26/h16-19,24-25,30H,5-13H2,1-4H3. The van der Waals surface area contributed by atoms with Crippen LogP contribution < -0.4 is 0 Å². The molecule has 1 aromatic rings. The molecule has 1 aliphatic rings. The third-order valence-corrected chi connectivity index (χ3v) is 6.60. The number of unbranched alkanes of at least 4 members (excludes halogenated alkanes) is 8. The molecule has 2 heterocycles. The van der Waals surface area contributed by atoms with Crippen LogP contribution in [0.25, 0.3) is 0 Å². The van der Waals surface area contributed by atoms with Crippen LogP contribution in [0.4, 0.5) is 0 Å². The first-order chi connectivity index (χ1) is 16.3. The number of likely N-dealkylation sites (N-methyl/N-ethyl adjacent to an activating group) is 1. The van der Waals surface area contributed by atoms with Crippen LogP contribution in [0.2, 0.25) is 0 Å². The van der Waals surface area contributed by atoms with Gasteiger partial charge in [-0.2, -0.15) is 0 Å². The fourth-order valence-electron chi connectivity index (χ4n) is 3.90. The molecule has 0 saturated carbocycles. The average molecular weight is 492 g/mol. The Morgan fingerprint density at radius 2 is 1.65 bits per heavy atom. The molecule has 2 atom stereocenters. The number of esters is 2. The van der Waals surface area contributed by atoms with E-state index in [1.807, 2.05) is 11.4 Å². The number of cyclic esters (lactones) is 2. The van der Waals surface area contributed by atoms with E-state index >= 15 is 0 Å². The number of hydrogen-bond acceptors (Lipinski definition) is 8. The van der Waals surface area contributed by atoms with Crippen LogP contribution in [0, 0.1) is 11.8 Å². The predicted octanol–water partition coefficient (Wildman–Crippen LogP) is 4.55. The van der Waals surface area contributed by atoms with Crippen molar-refractivity contribution < 1.29 is 28.9 Å². The van der Waals surface area contributed by atoms with E-state index in [1.165, 1.54) is 63.4 Å². The maximum atomic E-state index is 11.9. The summed E-state index contributed by atoms with van der Waals surface area (Å²) in [4.78, 5) is 26.2. The second-order valence-electron chi connectivity index (χ2n) is 8.64. The van der Waals surface area contributed by atoms with Crippen LogP contribution in [-0.2, 0) is 23.8 Å². The Hall–Kier alpha value is -2.18. The second-order valence-corrected chi connectivity index (χ2v) is 9.58. The Morgan fingerprint density at radius 1 is 1.06 bits per heavy atom. The van der Waals surface area contributed by atoms with Gasteiger partial charge in [-0.15, -0.1) is 11.3 Å². The van der Waals surface area contributed by atoms with E-state index in [4.69, 9.17) is 14.2 Å². The van der Waals surface area contributed by atoms with Crippen LogP contribution in [0.3, 0.4) is 0 Å². The van der Waals surface area contributed by atoms with Gasteiger partial charge in [0.05, 0.1) is 0 Å². The Labute approximate surface area is 207 Å². The highest BCUT2D eigenvalue weighted by Crippen LogP contribution is 2.36. The summed E-state index contributed by atoms with van der Waals surface area (Å²) in [6.45, 7) is 2.23. The molecule has 0 fully saturated rings. The summed E-state index contributed by atoms with van der Waals surface area (Å²) in [6, 6.07) is 0.875. The number of rotatable bonds is 13. The summed E-state index contributed by atoms with van der Waals surface area (Å²) in [6.07, 6.45) is 12.1. The highest BCUT2D eigenvalue weighted by atomic mass is 32.1. The molecule has 34 heavy (non-hydrogen) atoms. The van der Waals surface area contributed by atoms with Gasteiger partial charge in [-0.05, 0) is 26.6 Å². The Bertz CT molecular complexity index is 861. The zero-order valence-electron chi connectivity index (χ0n) is 20.7. The number of methoxy groups -OCH3 is 1. The lowest BCUT2D eigenvalue weighted by molar-refractivity contribution is -0.353. The average Bonchev–Trinajstić information content (AvgIpc) is 3.20. The summed E-state index contributed by atoms with van der Waals surface area (Å²) in [7, 11) is 4.83. The molecule has 7 nitrogen and oxygen atoms in total. The molecule has 8 heteroatoms. The van der Waals surface area contributed by atoms with E-state index in [2.05, 4.69) is 18.8 Å². The summed E-state index contributed by atoms with van der Waals surface area (Å²) in [5.41, 5.74) is 0.850. The first-order valence-corrected chi connectivity index (χ1v) is 12.8. The van der Waals surface area contributed by atoms with Gasteiger partial charge in [-0.3, -0.25) is 4.90 Å². The molecule has 0 amide bonds. The predicted molar refractivity (Wildman–Crippen MR) is 132 cm³/mol. The van der Waals surface area contributed by atoms with Crippen LogP contribution >= 0.6 is 11.3 Å². The van der Waals surface area contributed by atoms with Crippen molar-refractivity contribution in [1.29, 1.82) is 0 Å². The van der Waals surface area contributed by atoms with Crippen molar-refractivity contribution in [2.24, 2.45) is 0 Å². The summed E-state index contributed by atoms with van der Waals surface area (Å²) in [5, 5.41) is 12.9. The molecule has 1 aromatic heterocycles. The maximum Gasteiger partial charge on any atom is 0.393 e.